The number of amides is 1. The van der Waals surface area contributed by atoms with E-state index in [1.165, 1.54) is 5.57 Å². The Hall–Kier alpha value is -3.38. The van der Waals surface area contributed by atoms with E-state index in [1.807, 2.05) is 48.5 Å². The quantitative estimate of drug-likeness (QED) is 0.667. The minimum Gasteiger partial charge on any atom is -0.497 e. The molecule has 0 spiro atoms. The second kappa shape index (κ2) is 8.63. The molecule has 0 aliphatic carbocycles. The fourth-order valence-corrected chi connectivity index (χ4v) is 4.65. The first-order chi connectivity index (χ1) is 15.6. The molecule has 2 aliphatic rings. The summed E-state index contributed by atoms with van der Waals surface area (Å²) in [5.41, 5.74) is 4.88. The molecule has 1 N–H and O–H groups in total. The number of likely N-dealkylation sites (tertiary alicyclic amines) is 1. The van der Waals surface area contributed by atoms with Gasteiger partial charge in [-0.2, -0.15) is 0 Å². The van der Waals surface area contributed by atoms with Gasteiger partial charge in [0.05, 0.1) is 18.2 Å². The van der Waals surface area contributed by atoms with E-state index in [2.05, 4.69) is 16.3 Å². The zero-order valence-electron chi connectivity index (χ0n) is 18.4. The fraction of sp³-hybridized carbons (Fsp3) is 0.308. The van der Waals surface area contributed by atoms with Gasteiger partial charge in [-0.3, -0.25) is 14.7 Å². The van der Waals surface area contributed by atoms with Gasteiger partial charge in [-0.25, -0.2) is 0 Å². The van der Waals surface area contributed by atoms with Crippen LogP contribution in [0.4, 0.5) is 0 Å². The summed E-state index contributed by atoms with van der Waals surface area (Å²) in [5.74, 6) is 1.97. The summed E-state index contributed by atoms with van der Waals surface area (Å²) < 4.78 is 11.3. The molecule has 0 radical (unpaired) electrons. The Morgan fingerprint density at radius 2 is 2.12 bits per heavy atom. The number of nitrogens with zero attached hydrogens (tertiary/aromatic N) is 2. The van der Waals surface area contributed by atoms with Crippen LogP contribution < -0.4 is 14.8 Å². The van der Waals surface area contributed by atoms with Crippen LogP contribution in [0.2, 0.25) is 0 Å². The van der Waals surface area contributed by atoms with Crippen LogP contribution in [0.15, 0.2) is 54.1 Å². The third-order valence-corrected chi connectivity index (χ3v) is 6.31. The maximum Gasteiger partial charge on any atom is 0.251 e. The van der Waals surface area contributed by atoms with Crippen LogP contribution in [0.3, 0.4) is 0 Å². The second-order valence-electron chi connectivity index (χ2n) is 8.41. The van der Waals surface area contributed by atoms with Crippen molar-refractivity contribution in [3.05, 3.63) is 70.9 Å². The van der Waals surface area contributed by atoms with Gasteiger partial charge in [0.1, 0.15) is 18.1 Å². The largest absolute Gasteiger partial charge is 0.497 e. The number of rotatable bonds is 5. The molecule has 1 aromatic heterocycles. The summed E-state index contributed by atoms with van der Waals surface area (Å²) in [6, 6.07) is 15.7. The number of hydrogen-bond acceptors (Lipinski definition) is 5. The van der Waals surface area contributed by atoms with Crippen LogP contribution in [0.5, 0.6) is 11.5 Å². The molecular formula is C26H27N3O3. The Balaban J connectivity index is 1.34. The predicted octanol–water partition coefficient (Wildman–Crippen LogP) is 3.87. The van der Waals surface area contributed by atoms with E-state index in [-0.39, 0.29) is 5.91 Å². The SMILES string of the molecule is CNC(=O)c1cc([C@@H]2CCN(CC3=Cc4cc(OC)ccc4OC3)C2)nc2ccccc12. The zero-order valence-corrected chi connectivity index (χ0v) is 18.4. The normalized spacial score (nSPS) is 18.1. The van der Waals surface area contributed by atoms with Crippen molar-refractivity contribution >= 4 is 22.9 Å². The van der Waals surface area contributed by atoms with Crippen LogP contribution in [0.25, 0.3) is 17.0 Å². The Morgan fingerprint density at radius 1 is 1.25 bits per heavy atom. The lowest BCUT2D eigenvalue weighted by molar-refractivity contribution is 0.0964. The van der Waals surface area contributed by atoms with E-state index in [4.69, 9.17) is 14.5 Å². The minimum absolute atomic E-state index is 0.0710. The Kier molecular flexibility index (Phi) is 5.53. The first-order valence-electron chi connectivity index (χ1n) is 11.0. The number of hydrogen-bond donors (Lipinski definition) is 1. The lowest BCUT2D eigenvalue weighted by atomic mass is 9.99. The summed E-state index contributed by atoms with van der Waals surface area (Å²) in [6.45, 7) is 3.39. The molecule has 1 amide bonds. The van der Waals surface area contributed by atoms with Gasteiger partial charge < -0.3 is 14.8 Å². The van der Waals surface area contributed by atoms with Crippen molar-refractivity contribution in [2.24, 2.45) is 0 Å². The molecule has 6 nitrogen and oxygen atoms in total. The van der Waals surface area contributed by atoms with Crippen LogP contribution >= 0.6 is 0 Å². The van der Waals surface area contributed by atoms with E-state index in [1.54, 1.807) is 14.2 Å². The maximum absolute atomic E-state index is 12.5. The number of methoxy groups -OCH3 is 1. The van der Waals surface area contributed by atoms with Crippen LogP contribution in [0.1, 0.15) is 34.0 Å². The molecular weight excluding hydrogens is 402 g/mol. The second-order valence-corrected chi connectivity index (χ2v) is 8.41. The first kappa shape index (κ1) is 20.5. The average Bonchev–Trinajstić information content (AvgIpc) is 3.30. The number of aromatic nitrogens is 1. The molecule has 1 atom stereocenters. The first-order valence-corrected chi connectivity index (χ1v) is 11.0. The molecule has 5 rings (SSSR count). The molecule has 2 aliphatic heterocycles. The van der Waals surface area contributed by atoms with Gasteiger partial charge in [0, 0.05) is 42.7 Å². The van der Waals surface area contributed by atoms with E-state index >= 15 is 0 Å². The fourth-order valence-electron chi connectivity index (χ4n) is 4.65. The molecule has 0 saturated carbocycles. The highest BCUT2D eigenvalue weighted by Gasteiger charge is 2.27. The van der Waals surface area contributed by atoms with Gasteiger partial charge in [0.2, 0.25) is 0 Å². The van der Waals surface area contributed by atoms with Crippen LogP contribution in [0, 0.1) is 0 Å². The summed E-state index contributed by atoms with van der Waals surface area (Å²) in [7, 11) is 3.35. The molecule has 2 aromatic carbocycles. The van der Waals surface area contributed by atoms with E-state index in [9.17, 15) is 4.79 Å². The average molecular weight is 430 g/mol. The Bertz CT molecular complexity index is 1200. The zero-order chi connectivity index (χ0) is 22.1. The van der Waals surface area contributed by atoms with Crippen molar-refractivity contribution in [1.82, 2.24) is 15.2 Å². The van der Waals surface area contributed by atoms with Gasteiger partial charge in [0.15, 0.2) is 0 Å². The van der Waals surface area contributed by atoms with Crippen LogP contribution in [-0.2, 0) is 0 Å². The van der Waals surface area contributed by atoms with Gasteiger partial charge in [-0.1, -0.05) is 18.2 Å². The lowest BCUT2D eigenvalue weighted by Gasteiger charge is -2.23. The number of nitrogens with one attached hydrogen (secondary N) is 1. The third kappa shape index (κ3) is 3.94. The molecule has 1 fully saturated rings. The maximum atomic E-state index is 12.5. The molecule has 1 saturated heterocycles. The van der Waals surface area contributed by atoms with Crippen molar-refractivity contribution in [3.63, 3.8) is 0 Å². The molecule has 32 heavy (non-hydrogen) atoms. The smallest absolute Gasteiger partial charge is 0.251 e. The number of benzene rings is 2. The molecule has 0 bridgehead atoms. The highest BCUT2D eigenvalue weighted by atomic mass is 16.5. The summed E-state index contributed by atoms with van der Waals surface area (Å²) in [6.07, 6.45) is 3.24. The van der Waals surface area contributed by atoms with E-state index in [0.717, 1.165) is 59.7 Å². The van der Waals surface area contributed by atoms with Crippen molar-refractivity contribution < 1.29 is 14.3 Å². The molecule has 3 heterocycles. The number of ether oxygens (including phenoxy) is 2. The third-order valence-electron chi connectivity index (χ3n) is 6.31. The van der Waals surface area contributed by atoms with Crippen molar-refractivity contribution in [3.8, 4) is 11.5 Å². The summed E-state index contributed by atoms with van der Waals surface area (Å²) in [5, 5.41) is 3.66. The number of fused-ring (bicyclic) bond motifs is 2. The molecule has 6 heteroatoms. The number of carbonyl (C=O) groups excluding carboxylic acids is 1. The number of carbonyl (C=O) groups is 1. The Morgan fingerprint density at radius 3 is 2.97 bits per heavy atom. The van der Waals surface area contributed by atoms with Crippen molar-refractivity contribution in [2.45, 2.75) is 12.3 Å². The standard InChI is InChI=1S/C26H27N3O3/c1-27-26(30)22-13-24(28-23-6-4-3-5-21(22)23)18-9-10-29(15-18)14-17-11-19-12-20(31-2)7-8-25(19)32-16-17/h3-8,11-13,18H,9-10,14-16H2,1-2H3,(H,27,30)/t18-/m1/s1. The van der Waals surface area contributed by atoms with Crippen molar-refractivity contribution in [1.29, 1.82) is 0 Å². The predicted molar refractivity (Wildman–Crippen MR) is 125 cm³/mol. The van der Waals surface area contributed by atoms with Crippen molar-refractivity contribution in [2.75, 3.05) is 40.4 Å². The topological polar surface area (TPSA) is 63.7 Å². The van der Waals surface area contributed by atoms with Crippen LogP contribution in [-0.4, -0.2) is 56.2 Å². The molecule has 3 aromatic rings. The monoisotopic (exact) mass is 429 g/mol. The van der Waals surface area contributed by atoms with E-state index < -0.39 is 0 Å². The van der Waals surface area contributed by atoms with Gasteiger partial charge in [-0.05, 0) is 54.9 Å². The van der Waals surface area contributed by atoms with E-state index in [0.29, 0.717) is 18.1 Å². The summed E-state index contributed by atoms with van der Waals surface area (Å²) in [4.78, 5) is 19.8. The molecule has 0 unspecified atom stereocenters. The van der Waals surface area contributed by atoms with Gasteiger partial charge >= 0.3 is 0 Å². The highest BCUT2D eigenvalue weighted by Crippen LogP contribution is 2.33. The Labute approximate surface area is 187 Å². The highest BCUT2D eigenvalue weighted by molar-refractivity contribution is 6.06. The lowest BCUT2D eigenvalue weighted by Crippen LogP contribution is -2.26. The van der Waals surface area contributed by atoms with Gasteiger partial charge in [-0.15, -0.1) is 0 Å². The number of pyridine rings is 1. The molecule has 164 valence electrons. The minimum atomic E-state index is -0.0710. The summed E-state index contributed by atoms with van der Waals surface area (Å²) >= 11 is 0. The number of para-hydroxylation sites is 1. The van der Waals surface area contributed by atoms with Gasteiger partial charge in [0.25, 0.3) is 5.91 Å².